The van der Waals surface area contributed by atoms with Gasteiger partial charge in [-0.3, -0.25) is 14.4 Å². The molecule has 3 heterocycles. The number of benzene rings is 1. The highest BCUT2D eigenvalue weighted by molar-refractivity contribution is 6.01. The molecule has 0 spiro atoms. The van der Waals surface area contributed by atoms with Gasteiger partial charge in [0.25, 0.3) is 5.91 Å². The van der Waals surface area contributed by atoms with Crippen LogP contribution in [0.4, 0.5) is 5.69 Å². The zero-order valence-electron chi connectivity index (χ0n) is 14.6. The summed E-state index contributed by atoms with van der Waals surface area (Å²) in [6.07, 6.45) is 3.38. The Bertz CT molecular complexity index is 742. The molecule has 4 rings (SSSR count). The second-order valence-corrected chi connectivity index (χ2v) is 7.20. The first kappa shape index (κ1) is 17.0. The Morgan fingerprint density at radius 1 is 1.23 bits per heavy atom. The highest BCUT2D eigenvalue weighted by atomic mass is 16.5. The molecule has 0 aromatic heterocycles. The highest BCUT2D eigenvalue weighted by Crippen LogP contribution is 2.25. The number of piperidine rings is 1. The number of ether oxygens (including phenoxy) is 1. The Hall–Kier alpha value is -2.41. The fourth-order valence-corrected chi connectivity index (χ4v) is 3.90. The monoisotopic (exact) mass is 357 g/mol. The maximum Gasteiger partial charge on any atom is 0.253 e. The van der Waals surface area contributed by atoms with Crippen molar-refractivity contribution >= 4 is 23.4 Å². The molecular formula is C19H23N3O4. The first-order chi connectivity index (χ1) is 12.6. The summed E-state index contributed by atoms with van der Waals surface area (Å²) in [7, 11) is 0. The predicted octanol–water partition coefficient (Wildman–Crippen LogP) is 1.08. The van der Waals surface area contributed by atoms with Gasteiger partial charge in [0.15, 0.2) is 0 Å². The van der Waals surface area contributed by atoms with E-state index in [1.807, 2.05) is 0 Å². The third kappa shape index (κ3) is 3.44. The smallest absolute Gasteiger partial charge is 0.253 e. The van der Waals surface area contributed by atoms with Crippen LogP contribution in [0.5, 0.6) is 0 Å². The van der Waals surface area contributed by atoms with Crippen molar-refractivity contribution in [2.45, 2.75) is 44.2 Å². The van der Waals surface area contributed by atoms with E-state index in [0.717, 1.165) is 36.9 Å². The van der Waals surface area contributed by atoms with Crippen molar-refractivity contribution in [3.8, 4) is 0 Å². The molecule has 138 valence electrons. The molecule has 7 nitrogen and oxygen atoms in total. The lowest BCUT2D eigenvalue weighted by Crippen LogP contribution is -2.51. The van der Waals surface area contributed by atoms with Gasteiger partial charge in [-0.2, -0.15) is 0 Å². The second kappa shape index (κ2) is 7.07. The van der Waals surface area contributed by atoms with Crippen molar-refractivity contribution in [1.82, 2.24) is 10.2 Å². The van der Waals surface area contributed by atoms with Gasteiger partial charge >= 0.3 is 0 Å². The van der Waals surface area contributed by atoms with Crippen molar-refractivity contribution in [1.29, 1.82) is 0 Å². The molecule has 1 aromatic carbocycles. The van der Waals surface area contributed by atoms with Crippen LogP contribution in [-0.4, -0.2) is 54.5 Å². The molecule has 3 amide bonds. The van der Waals surface area contributed by atoms with Crippen LogP contribution in [0.1, 0.15) is 41.6 Å². The Morgan fingerprint density at radius 3 is 2.92 bits per heavy atom. The summed E-state index contributed by atoms with van der Waals surface area (Å²) in [6.45, 7) is 1.83. The van der Waals surface area contributed by atoms with E-state index < -0.39 is 0 Å². The summed E-state index contributed by atoms with van der Waals surface area (Å²) in [4.78, 5) is 38.4. The fraction of sp³-hybridized carbons (Fsp3) is 0.526. The molecule has 0 bridgehead atoms. The molecule has 2 atom stereocenters. The third-order valence-electron chi connectivity index (χ3n) is 5.25. The molecule has 0 aliphatic carbocycles. The molecule has 3 aliphatic heterocycles. The summed E-state index contributed by atoms with van der Waals surface area (Å²) >= 11 is 0. The largest absolute Gasteiger partial charge is 0.368 e. The summed E-state index contributed by atoms with van der Waals surface area (Å²) in [6, 6.07) is 5.29. The van der Waals surface area contributed by atoms with Crippen LogP contribution in [0, 0.1) is 0 Å². The zero-order chi connectivity index (χ0) is 18.1. The number of nitrogens with zero attached hydrogens (tertiary/aromatic N) is 1. The number of carbonyl (C=O) groups excluding carboxylic acids is 3. The van der Waals surface area contributed by atoms with E-state index in [4.69, 9.17) is 4.74 Å². The lowest BCUT2D eigenvalue weighted by molar-refractivity contribution is -0.131. The van der Waals surface area contributed by atoms with E-state index in [1.54, 1.807) is 23.1 Å². The number of anilines is 1. The van der Waals surface area contributed by atoms with Gasteiger partial charge in [-0.05, 0) is 49.4 Å². The van der Waals surface area contributed by atoms with E-state index in [2.05, 4.69) is 10.6 Å². The molecular weight excluding hydrogens is 334 g/mol. The Balaban J connectivity index is 1.39. The number of likely N-dealkylation sites (tertiary alicyclic amines) is 1. The van der Waals surface area contributed by atoms with Gasteiger partial charge in [-0.15, -0.1) is 0 Å². The molecule has 1 aromatic rings. The normalized spacial score (nSPS) is 24.9. The average Bonchev–Trinajstić information content (AvgIpc) is 3.29. The molecule has 2 fully saturated rings. The van der Waals surface area contributed by atoms with E-state index in [-0.39, 0.29) is 29.9 Å². The second-order valence-electron chi connectivity index (χ2n) is 7.20. The predicted molar refractivity (Wildman–Crippen MR) is 94.8 cm³/mol. The Morgan fingerprint density at radius 2 is 2.12 bits per heavy atom. The van der Waals surface area contributed by atoms with Crippen molar-refractivity contribution in [3.05, 3.63) is 29.3 Å². The minimum absolute atomic E-state index is 0.0397. The molecule has 0 saturated carbocycles. The van der Waals surface area contributed by atoms with Crippen LogP contribution in [-0.2, 0) is 20.7 Å². The molecule has 2 unspecified atom stereocenters. The van der Waals surface area contributed by atoms with Gasteiger partial charge in [-0.1, -0.05) is 0 Å². The first-order valence-corrected chi connectivity index (χ1v) is 9.24. The Kier molecular flexibility index (Phi) is 4.63. The summed E-state index contributed by atoms with van der Waals surface area (Å²) in [5, 5.41) is 5.81. The van der Waals surface area contributed by atoms with Crippen LogP contribution in [0.25, 0.3) is 0 Å². The third-order valence-corrected chi connectivity index (χ3v) is 5.25. The van der Waals surface area contributed by atoms with Crippen molar-refractivity contribution in [3.63, 3.8) is 0 Å². The van der Waals surface area contributed by atoms with Gasteiger partial charge in [0.05, 0.1) is 6.42 Å². The number of hydrogen-bond acceptors (Lipinski definition) is 4. The van der Waals surface area contributed by atoms with Crippen LogP contribution in [0.2, 0.25) is 0 Å². The SMILES string of the molecule is O=C1Cc2cc(C(=O)N3CCCC(NC(=O)C4CCCO4)C3)ccc2N1. The van der Waals surface area contributed by atoms with Gasteiger partial charge in [0.1, 0.15) is 6.10 Å². The molecule has 2 N–H and O–H groups in total. The van der Waals surface area contributed by atoms with Crippen molar-refractivity contribution < 1.29 is 19.1 Å². The van der Waals surface area contributed by atoms with E-state index in [9.17, 15) is 14.4 Å². The van der Waals surface area contributed by atoms with Crippen LogP contribution < -0.4 is 10.6 Å². The minimum atomic E-state index is -0.345. The van der Waals surface area contributed by atoms with Gasteiger partial charge in [-0.25, -0.2) is 0 Å². The summed E-state index contributed by atoms with van der Waals surface area (Å²) in [5.74, 6) is -0.161. The minimum Gasteiger partial charge on any atom is -0.368 e. The quantitative estimate of drug-likeness (QED) is 0.847. The fourth-order valence-electron chi connectivity index (χ4n) is 3.90. The van der Waals surface area contributed by atoms with Crippen molar-refractivity contribution in [2.24, 2.45) is 0 Å². The van der Waals surface area contributed by atoms with E-state index in [1.165, 1.54) is 0 Å². The number of amides is 3. The van der Waals surface area contributed by atoms with Gasteiger partial charge in [0, 0.05) is 37.0 Å². The number of carbonyl (C=O) groups is 3. The maximum atomic E-state index is 12.9. The van der Waals surface area contributed by atoms with E-state index >= 15 is 0 Å². The van der Waals surface area contributed by atoms with Crippen LogP contribution >= 0.6 is 0 Å². The highest BCUT2D eigenvalue weighted by Gasteiger charge is 2.30. The number of rotatable bonds is 3. The molecule has 2 saturated heterocycles. The topological polar surface area (TPSA) is 87.7 Å². The van der Waals surface area contributed by atoms with Gasteiger partial charge < -0.3 is 20.3 Å². The van der Waals surface area contributed by atoms with Gasteiger partial charge in [0.2, 0.25) is 11.8 Å². The van der Waals surface area contributed by atoms with Crippen molar-refractivity contribution in [2.75, 3.05) is 25.0 Å². The number of fused-ring (bicyclic) bond motifs is 1. The number of nitrogens with one attached hydrogen (secondary N) is 2. The van der Waals surface area contributed by atoms with E-state index in [0.29, 0.717) is 31.7 Å². The first-order valence-electron chi connectivity index (χ1n) is 9.24. The Labute approximate surface area is 152 Å². The lowest BCUT2D eigenvalue weighted by Gasteiger charge is -2.33. The number of hydrogen-bond donors (Lipinski definition) is 2. The molecule has 26 heavy (non-hydrogen) atoms. The summed E-state index contributed by atoms with van der Waals surface area (Å²) < 4.78 is 5.43. The zero-order valence-corrected chi connectivity index (χ0v) is 14.6. The maximum absolute atomic E-state index is 12.9. The average molecular weight is 357 g/mol. The molecule has 0 radical (unpaired) electrons. The molecule has 3 aliphatic rings. The summed E-state index contributed by atoms with van der Waals surface area (Å²) in [5.41, 5.74) is 2.24. The standard InChI is InChI=1S/C19H23N3O4/c23-17-10-13-9-12(5-6-15(13)21-17)19(25)22-7-1-3-14(11-22)20-18(24)16-4-2-8-26-16/h5-6,9,14,16H,1-4,7-8,10-11H2,(H,20,24)(H,21,23). The molecule has 7 heteroatoms. The van der Waals surface area contributed by atoms with Crippen LogP contribution in [0.15, 0.2) is 18.2 Å². The van der Waals surface area contributed by atoms with Crippen LogP contribution in [0.3, 0.4) is 0 Å². The lowest BCUT2D eigenvalue weighted by atomic mass is 10.0.